The van der Waals surface area contributed by atoms with E-state index < -0.39 is 0 Å². The molecule has 0 radical (unpaired) electrons. The fraction of sp³-hybridized carbons (Fsp3) is 0.588. The molecule has 2 nitrogen and oxygen atoms in total. The van der Waals surface area contributed by atoms with Crippen molar-refractivity contribution in [1.29, 1.82) is 5.26 Å². The van der Waals surface area contributed by atoms with Gasteiger partial charge in [-0.25, -0.2) is 0 Å². The van der Waals surface area contributed by atoms with E-state index in [-0.39, 0.29) is 0 Å². The molecule has 0 amide bonds. The molecule has 0 aromatic heterocycles. The van der Waals surface area contributed by atoms with Gasteiger partial charge in [0.05, 0.1) is 11.6 Å². The van der Waals surface area contributed by atoms with E-state index >= 15 is 0 Å². The molecule has 19 heavy (non-hydrogen) atoms. The molecule has 0 saturated heterocycles. The predicted molar refractivity (Wildman–Crippen MR) is 75.6 cm³/mol. The highest BCUT2D eigenvalue weighted by Gasteiger charge is 2.48. The van der Waals surface area contributed by atoms with Crippen LogP contribution in [0.3, 0.4) is 0 Å². The predicted octanol–water partition coefficient (Wildman–Crippen LogP) is 3.79. The molecule has 1 aromatic carbocycles. The highest BCUT2D eigenvalue weighted by Crippen LogP contribution is 2.54. The van der Waals surface area contributed by atoms with E-state index in [9.17, 15) is 0 Å². The molecular formula is C17H20N2. The molecule has 4 bridgehead atoms. The van der Waals surface area contributed by atoms with Crippen molar-refractivity contribution in [2.75, 3.05) is 5.32 Å². The molecule has 0 unspecified atom stereocenters. The molecule has 4 fully saturated rings. The Balaban J connectivity index is 1.55. The van der Waals surface area contributed by atoms with Gasteiger partial charge in [-0.05, 0) is 74.0 Å². The summed E-state index contributed by atoms with van der Waals surface area (Å²) < 4.78 is 0. The summed E-state index contributed by atoms with van der Waals surface area (Å²) in [4.78, 5) is 0. The second-order valence-electron chi connectivity index (χ2n) is 6.79. The molecule has 1 aromatic rings. The van der Waals surface area contributed by atoms with Gasteiger partial charge in [0.15, 0.2) is 0 Å². The molecule has 5 rings (SSSR count). The Labute approximate surface area is 114 Å². The largest absolute Gasteiger partial charge is 0.382 e. The fourth-order valence-corrected chi connectivity index (χ4v) is 5.03. The lowest BCUT2D eigenvalue weighted by molar-refractivity contribution is 0.00754. The number of hydrogen-bond acceptors (Lipinski definition) is 2. The first kappa shape index (κ1) is 11.3. The second-order valence-corrected chi connectivity index (χ2v) is 6.79. The Hall–Kier alpha value is -1.49. The van der Waals surface area contributed by atoms with Gasteiger partial charge in [-0.2, -0.15) is 5.26 Å². The lowest BCUT2D eigenvalue weighted by Gasteiger charge is -2.54. The van der Waals surface area contributed by atoms with Crippen LogP contribution in [0.2, 0.25) is 0 Å². The zero-order valence-electron chi connectivity index (χ0n) is 11.2. The number of rotatable bonds is 2. The quantitative estimate of drug-likeness (QED) is 0.869. The normalized spacial score (nSPS) is 39.0. The van der Waals surface area contributed by atoms with Crippen molar-refractivity contribution in [2.24, 2.45) is 23.7 Å². The van der Waals surface area contributed by atoms with Crippen LogP contribution in [0.15, 0.2) is 24.3 Å². The van der Waals surface area contributed by atoms with Crippen LogP contribution in [-0.2, 0) is 0 Å². The first-order valence-corrected chi connectivity index (χ1v) is 7.58. The van der Waals surface area contributed by atoms with Crippen molar-refractivity contribution in [2.45, 2.75) is 38.1 Å². The van der Waals surface area contributed by atoms with Crippen LogP contribution in [0.4, 0.5) is 5.69 Å². The topological polar surface area (TPSA) is 35.8 Å². The zero-order chi connectivity index (χ0) is 12.8. The van der Waals surface area contributed by atoms with E-state index in [1.165, 1.54) is 32.1 Å². The Kier molecular flexibility index (Phi) is 2.55. The maximum atomic E-state index is 8.99. The van der Waals surface area contributed by atoms with Crippen LogP contribution in [0.5, 0.6) is 0 Å². The monoisotopic (exact) mass is 252 g/mol. The minimum atomic E-state index is 0.654. The van der Waals surface area contributed by atoms with E-state index in [1.807, 2.05) is 18.2 Å². The molecule has 0 aliphatic heterocycles. The third-order valence-electron chi connectivity index (χ3n) is 5.55. The van der Waals surface area contributed by atoms with Crippen molar-refractivity contribution in [3.05, 3.63) is 29.8 Å². The number of hydrogen-bond donors (Lipinski definition) is 1. The number of nitrogens with one attached hydrogen (secondary N) is 1. The molecule has 0 heterocycles. The Bertz CT molecular complexity index is 500. The average Bonchev–Trinajstić information content (AvgIpc) is 2.42. The summed E-state index contributed by atoms with van der Waals surface area (Å²) in [5.41, 5.74) is 1.89. The van der Waals surface area contributed by atoms with Crippen LogP contribution >= 0.6 is 0 Å². The lowest BCUT2D eigenvalue weighted by Crippen LogP contribution is -2.51. The van der Waals surface area contributed by atoms with Crippen molar-refractivity contribution in [3.8, 4) is 6.07 Å². The highest BCUT2D eigenvalue weighted by atomic mass is 14.9. The minimum Gasteiger partial charge on any atom is -0.382 e. The smallest absolute Gasteiger partial charge is 0.0992 e. The summed E-state index contributed by atoms with van der Waals surface area (Å²) in [7, 11) is 0. The first-order chi connectivity index (χ1) is 9.31. The van der Waals surface area contributed by atoms with Crippen molar-refractivity contribution >= 4 is 5.69 Å². The summed E-state index contributed by atoms with van der Waals surface area (Å²) in [6.45, 7) is 0. The number of benzene rings is 1. The summed E-state index contributed by atoms with van der Waals surface area (Å²) in [6, 6.07) is 10.8. The summed E-state index contributed by atoms with van der Waals surface area (Å²) in [6.07, 6.45) is 7.24. The van der Waals surface area contributed by atoms with Gasteiger partial charge in [-0.1, -0.05) is 6.07 Å². The Morgan fingerprint density at radius 1 is 1.00 bits per heavy atom. The lowest BCUT2D eigenvalue weighted by atomic mass is 9.54. The maximum absolute atomic E-state index is 8.99. The minimum absolute atomic E-state index is 0.654. The van der Waals surface area contributed by atoms with Crippen LogP contribution in [0, 0.1) is 35.0 Å². The first-order valence-electron chi connectivity index (χ1n) is 7.58. The van der Waals surface area contributed by atoms with Gasteiger partial charge in [-0.3, -0.25) is 0 Å². The van der Waals surface area contributed by atoms with Gasteiger partial charge in [0.25, 0.3) is 0 Å². The van der Waals surface area contributed by atoms with Crippen molar-refractivity contribution in [1.82, 2.24) is 0 Å². The third kappa shape index (κ3) is 1.92. The molecular weight excluding hydrogens is 232 g/mol. The molecule has 98 valence electrons. The molecule has 2 heteroatoms. The Morgan fingerprint density at radius 3 is 2.32 bits per heavy atom. The zero-order valence-corrected chi connectivity index (χ0v) is 11.2. The summed E-state index contributed by atoms with van der Waals surface area (Å²) in [5.74, 6) is 3.79. The van der Waals surface area contributed by atoms with Crippen LogP contribution in [-0.4, -0.2) is 6.04 Å². The number of nitrogens with zero attached hydrogens (tertiary/aromatic N) is 1. The number of nitriles is 1. The van der Waals surface area contributed by atoms with E-state index in [0.29, 0.717) is 6.04 Å². The average molecular weight is 252 g/mol. The fourth-order valence-electron chi connectivity index (χ4n) is 5.03. The molecule has 0 spiro atoms. The van der Waals surface area contributed by atoms with Crippen molar-refractivity contribution < 1.29 is 0 Å². The van der Waals surface area contributed by atoms with Gasteiger partial charge >= 0.3 is 0 Å². The van der Waals surface area contributed by atoms with E-state index in [2.05, 4.69) is 17.5 Å². The molecule has 4 aliphatic rings. The van der Waals surface area contributed by atoms with Gasteiger partial charge in [0.2, 0.25) is 0 Å². The van der Waals surface area contributed by atoms with E-state index in [4.69, 9.17) is 5.26 Å². The van der Waals surface area contributed by atoms with Gasteiger partial charge in [0, 0.05) is 11.7 Å². The standard InChI is InChI=1S/C17H20N2/c18-10-11-2-1-3-16(9-11)19-17-14-5-12-4-13(7-14)8-15(17)6-12/h1-3,9,12-15,17,19H,4-8H2. The third-order valence-corrected chi connectivity index (χ3v) is 5.55. The van der Waals surface area contributed by atoms with Crippen LogP contribution < -0.4 is 5.32 Å². The Morgan fingerprint density at radius 2 is 1.68 bits per heavy atom. The molecule has 1 N–H and O–H groups in total. The summed E-state index contributed by atoms with van der Waals surface area (Å²) in [5, 5.41) is 12.7. The molecule has 4 saturated carbocycles. The van der Waals surface area contributed by atoms with E-state index in [1.54, 1.807) is 0 Å². The summed E-state index contributed by atoms with van der Waals surface area (Å²) >= 11 is 0. The maximum Gasteiger partial charge on any atom is 0.0992 e. The van der Waals surface area contributed by atoms with Gasteiger partial charge < -0.3 is 5.32 Å². The van der Waals surface area contributed by atoms with E-state index in [0.717, 1.165) is 34.9 Å². The highest BCUT2D eigenvalue weighted by molar-refractivity contribution is 5.50. The van der Waals surface area contributed by atoms with Crippen LogP contribution in [0.25, 0.3) is 0 Å². The van der Waals surface area contributed by atoms with Gasteiger partial charge in [-0.15, -0.1) is 0 Å². The number of anilines is 1. The second kappa shape index (κ2) is 4.27. The van der Waals surface area contributed by atoms with Gasteiger partial charge in [0.1, 0.15) is 0 Å². The van der Waals surface area contributed by atoms with Crippen molar-refractivity contribution in [3.63, 3.8) is 0 Å². The molecule has 4 aliphatic carbocycles. The molecule has 0 atom stereocenters. The van der Waals surface area contributed by atoms with Crippen LogP contribution in [0.1, 0.15) is 37.7 Å². The SMILES string of the molecule is N#Cc1cccc(NC2C3CC4CC(C3)CC2C4)c1.